The van der Waals surface area contributed by atoms with Crippen LogP contribution in [0.4, 0.5) is 0 Å². The number of hydrogen-bond donors (Lipinski definition) is 1. The smallest absolute Gasteiger partial charge is 0.275 e. The minimum absolute atomic E-state index is 0.0845. The lowest BCUT2D eigenvalue weighted by molar-refractivity contribution is 0.318. The van der Waals surface area contributed by atoms with Crippen LogP contribution in [0.2, 0.25) is 0 Å². The number of halogens is 1. The Kier molecular flexibility index (Phi) is 6.05. The van der Waals surface area contributed by atoms with Crippen LogP contribution in [0.5, 0.6) is 5.75 Å². The van der Waals surface area contributed by atoms with E-state index >= 15 is 0 Å². The normalized spacial score (nSPS) is 11.9. The lowest BCUT2D eigenvalue weighted by atomic mass is 10.1. The van der Waals surface area contributed by atoms with Crippen LogP contribution in [0.25, 0.3) is 22.4 Å². The Bertz CT molecular complexity index is 1230. The van der Waals surface area contributed by atoms with Crippen molar-refractivity contribution in [2.45, 2.75) is 44.9 Å². The largest absolute Gasteiger partial charge is 0.493 e. The molecule has 1 N–H and O–H groups in total. The molecule has 0 amide bonds. The van der Waals surface area contributed by atoms with Crippen molar-refractivity contribution in [3.05, 3.63) is 39.8 Å². The summed E-state index contributed by atoms with van der Waals surface area (Å²) in [6, 6.07) is 4.29. The molecule has 0 unspecified atom stereocenters. The zero-order valence-corrected chi connectivity index (χ0v) is 18.4. The fraction of sp³-hybridized carbons (Fsp3) is 0.400. The van der Waals surface area contributed by atoms with Gasteiger partial charge in [-0.15, -0.1) is 0 Å². The van der Waals surface area contributed by atoms with Gasteiger partial charge in [0.25, 0.3) is 14.6 Å². The number of fused-ring (bicyclic) bond motifs is 1. The van der Waals surface area contributed by atoms with Crippen molar-refractivity contribution < 1.29 is 13.2 Å². The highest BCUT2D eigenvalue weighted by Crippen LogP contribution is 2.33. The van der Waals surface area contributed by atoms with E-state index in [1.807, 2.05) is 25.5 Å². The van der Waals surface area contributed by atoms with Crippen LogP contribution in [0.1, 0.15) is 37.9 Å². The number of aryl methyl sites for hydroxylation is 2. The topological polar surface area (TPSA) is 94.1 Å². The van der Waals surface area contributed by atoms with Gasteiger partial charge in [-0.05, 0) is 43.5 Å². The molecule has 0 spiro atoms. The van der Waals surface area contributed by atoms with Gasteiger partial charge >= 0.3 is 0 Å². The number of nitrogens with one attached hydrogen (secondary N) is 1. The first-order chi connectivity index (χ1) is 13.7. The molecular weight excluding hydrogens is 414 g/mol. The average molecular weight is 438 g/mol. The summed E-state index contributed by atoms with van der Waals surface area (Å²) in [7, 11) is 3.41. The maximum Gasteiger partial charge on any atom is 0.275 e. The summed E-state index contributed by atoms with van der Waals surface area (Å²) in [6.45, 7) is 6.44. The molecule has 0 saturated carbocycles. The molecule has 1 aromatic carbocycles. The molecule has 3 rings (SSSR count). The standard InChI is InChI=1S/C20H24ClN3O4S/c1-5-7-14-12(3)24(4)18-17(14)22-19(23-20(18)25)15-11-13(29(21,26)27)8-9-16(15)28-10-6-2/h8-9,11H,5-7,10H2,1-4H3,(H,22,23,25). The quantitative estimate of drug-likeness (QED) is 0.565. The predicted molar refractivity (Wildman–Crippen MR) is 114 cm³/mol. The van der Waals surface area contributed by atoms with Crippen molar-refractivity contribution in [3.63, 3.8) is 0 Å². The molecule has 2 aromatic heterocycles. The molecule has 156 valence electrons. The van der Waals surface area contributed by atoms with E-state index in [9.17, 15) is 13.2 Å². The first-order valence-corrected chi connectivity index (χ1v) is 11.8. The Hall–Kier alpha value is -2.32. The molecule has 0 radical (unpaired) electrons. The van der Waals surface area contributed by atoms with Gasteiger partial charge in [0.1, 0.15) is 17.1 Å². The Morgan fingerprint density at radius 3 is 2.59 bits per heavy atom. The summed E-state index contributed by atoms with van der Waals surface area (Å²) in [4.78, 5) is 20.3. The number of hydrogen-bond acceptors (Lipinski definition) is 5. The van der Waals surface area contributed by atoms with Crippen LogP contribution in [-0.2, 0) is 22.5 Å². The van der Waals surface area contributed by atoms with Gasteiger partial charge in [-0.25, -0.2) is 13.4 Å². The summed E-state index contributed by atoms with van der Waals surface area (Å²) < 4.78 is 31.3. The third kappa shape index (κ3) is 4.04. The predicted octanol–water partition coefficient (Wildman–Crippen LogP) is 3.91. The van der Waals surface area contributed by atoms with E-state index in [0.29, 0.717) is 29.0 Å². The molecule has 0 aliphatic heterocycles. The van der Waals surface area contributed by atoms with Gasteiger partial charge in [-0.3, -0.25) is 4.79 Å². The van der Waals surface area contributed by atoms with Crippen molar-refractivity contribution >= 4 is 30.8 Å². The molecule has 0 aliphatic carbocycles. The van der Waals surface area contributed by atoms with E-state index in [4.69, 9.17) is 20.4 Å². The van der Waals surface area contributed by atoms with Crippen molar-refractivity contribution in [3.8, 4) is 17.1 Å². The SMILES string of the molecule is CCCOc1ccc(S(=O)(=O)Cl)cc1-c1nc2c(CCC)c(C)n(C)c2c(=O)[nH]1. The van der Waals surface area contributed by atoms with Gasteiger partial charge in [-0.1, -0.05) is 20.3 Å². The number of benzene rings is 1. The third-order valence-electron chi connectivity index (χ3n) is 4.91. The Balaban J connectivity index is 2.32. The molecule has 0 bridgehead atoms. The zero-order valence-electron chi connectivity index (χ0n) is 16.9. The second-order valence-electron chi connectivity index (χ2n) is 6.93. The van der Waals surface area contributed by atoms with Crippen LogP contribution < -0.4 is 10.3 Å². The summed E-state index contributed by atoms with van der Waals surface area (Å²) >= 11 is 0. The molecule has 0 aliphatic rings. The monoisotopic (exact) mass is 437 g/mol. The van der Waals surface area contributed by atoms with Crippen LogP contribution in [-0.4, -0.2) is 29.6 Å². The minimum Gasteiger partial charge on any atom is -0.493 e. The molecule has 3 aromatic rings. The summed E-state index contributed by atoms with van der Waals surface area (Å²) in [5.74, 6) is 0.682. The van der Waals surface area contributed by atoms with Gasteiger partial charge in [0.15, 0.2) is 0 Å². The van der Waals surface area contributed by atoms with E-state index in [0.717, 1.165) is 30.5 Å². The average Bonchev–Trinajstić information content (AvgIpc) is 2.91. The highest BCUT2D eigenvalue weighted by molar-refractivity contribution is 8.13. The molecule has 2 heterocycles. The molecule has 0 fully saturated rings. The summed E-state index contributed by atoms with van der Waals surface area (Å²) in [5.41, 5.74) is 3.19. The molecule has 7 nitrogen and oxygen atoms in total. The van der Waals surface area contributed by atoms with Gasteiger partial charge in [0.2, 0.25) is 0 Å². The van der Waals surface area contributed by atoms with Crippen LogP contribution in [0.15, 0.2) is 27.9 Å². The first-order valence-electron chi connectivity index (χ1n) is 9.49. The maximum absolute atomic E-state index is 12.9. The second kappa shape index (κ2) is 8.20. The van der Waals surface area contributed by atoms with Gasteiger partial charge in [-0.2, -0.15) is 0 Å². The summed E-state index contributed by atoms with van der Waals surface area (Å²) in [5, 5.41) is 0. The van der Waals surface area contributed by atoms with Crippen molar-refractivity contribution in [1.29, 1.82) is 0 Å². The van der Waals surface area contributed by atoms with E-state index in [-0.39, 0.29) is 16.3 Å². The number of H-pyrrole nitrogens is 1. The Morgan fingerprint density at radius 2 is 1.97 bits per heavy atom. The lowest BCUT2D eigenvalue weighted by Crippen LogP contribution is -2.13. The van der Waals surface area contributed by atoms with E-state index in [1.54, 1.807) is 0 Å². The number of rotatable bonds is 7. The van der Waals surface area contributed by atoms with Gasteiger partial charge < -0.3 is 14.3 Å². The molecule has 0 atom stereocenters. The van der Waals surface area contributed by atoms with E-state index in [1.165, 1.54) is 18.2 Å². The Morgan fingerprint density at radius 1 is 1.24 bits per heavy atom. The second-order valence-corrected chi connectivity index (χ2v) is 9.49. The highest BCUT2D eigenvalue weighted by Gasteiger charge is 2.21. The molecule has 0 saturated heterocycles. The van der Waals surface area contributed by atoms with Gasteiger partial charge in [0.05, 0.1) is 22.6 Å². The number of aromatic amines is 1. The molecule has 9 heteroatoms. The van der Waals surface area contributed by atoms with Crippen molar-refractivity contribution in [2.24, 2.45) is 7.05 Å². The van der Waals surface area contributed by atoms with Crippen LogP contribution in [0.3, 0.4) is 0 Å². The molecule has 29 heavy (non-hydrogen) atoms. The van der Waals surface area contributed by atoms with E-state index in [2.05, 4.69) is 11.9 Å². The first kappa shape index (κ1) is 21.4. The minimum atomic E-state index is -3.95. The Labute approximate surface area is 174 Å². The number of aromatic nitrogens is 3. The van der Waals surface area contributed by atoms with Crippen LogP contribution in [0, 0.1) is 6.92 Å². The third-order valence-corrected chi connectivity index (χ3v) is 6.26. The fourth-order valence-corrected chi connectivity index (χ4v) is 4.17. The lowest BCUT2D eigenvalue weighted by Gasteiger charge is -2.12. The number of nitrogens with zero attached hydrogens (tertiary/aromatic N) is 2. The van der Waals surface area contributed by atoms with Gasteiger partial charge in [0, 0.05) is 23.4 Å². The van der Waals surface area contributed by atoms with Crippen molar-refractivity contribution in [2.75, 3.05) is 6.61 Å². The highest BCUT2D eigenvalue weighted by atomic mass is 35.7. The van der Waals surface area contributed by atoms with E-state index < -0.39 is 9.05 Å². The fourth-order valence-electron chi connectivity index (χ4n) is 3.39. The molecular formula is C20H24ClN3O4S. The van der Waals surface area contributed by atoms with Crippen molar-refractivity contribution in [1.82, 2.24) is 14.5 Å². The maximum atomic E-state index is 12.9. The zero-order chi connectivity index (χ0) is 21.3. The van der Waals surface area contributed by atoms with Crippen LogP contribution >= 0.6 is 10.7 Å². The number of ether oxygens (including phenoxy) is 1. The summed E-state index contributed by atoms with van der Waals surface area (Å²) in [6.07, 6.45) is 2.47.